The molecule has 1 aliphatic heterocycles. The van der Waals surface area contributed by atoms with E-state index in [9.17, 15) is 22.8 Å². The monoisotopic (exact) mass is 350 g/mol. The first-order valence-corrected chi connectivity index (χ1v) is 7.32. The van der Waals surface area contributed by atoms with Gasteiger partial charge in [0.15, 0.2) is 0 Å². The molecule has 5 nitrogen and oxygen atoms in total. The highest BCUT2D eigenvalue weighted by molar-refractivity contribution is 5.95. The summed E-state index contributed by atoms with van der Waals surface area (Å²) in [5.74, 6) is -1.05. The van der Waals surface area contributed by atoms with Crippen LogP contribution >= 0.6 is 0 Å². The Kier molecular flexibility index (Phi) is 4.22. The summed E-state index contributed by atoms with van der Waals surface area (Å²) < 4.78 is 37.8. The van der Waals surface area contributed by atoms with Crippen molar-refractivity contribution in [2.45, 2.75) is 19.3 Å². The molecule has 1 heterocycles. The lowest BCUT2D eigenvalue weighted by atomic mass is 10.1. The van der Waals surface area contributed by atoms with E-state index >= 15 is 0 Å². The molecule has 0 aliphatic carbocycles. The van der Waals surface area contributed by atoms with Crippen molar-refractivity contribution in [3.05, 3.63) is 70.3 Å². The predicted octanol–water partition coefficient (Wildman–Crippen LogP) is 2.98. The number of nitrogens with one attached hydrogen (secondary N) is 1. The summed E-state index contributed by atoms with van der Waals surface area (Å²) in [7, 11) is 0. The molecule has 0 spiro atoms. The number of carbonyl (C=O) groups excluding carboxylic acids is 2. The average molecular weight is 350 g/mol. The van der Waals surface area contributed by atoms with Gasteiger partial charge in [-0.3, -0.25) is 14.8 Å². The zero-order valence-electron chi connectivity index (χ0n) is 12.8. The van der Waals surface area contributed by atoms with Crippen LogP contribution < -0.4 is 5.48 Å². The Hall–Kier alpha value is -2.87. The topological polar surface area (TPSA) is 69.6 Å². The van der Waals surface area contributed by atoms with Gasteiger partial charge in [-0.15, -0.1) is 0 Å². The third kappa shape index (κ3) is 3.34. The van der Waals surface area contributed by atoms with Gasteiger partial charge in [0.25, 0.3) is 11.8 Å². The molecule has 0 radical (unpaired) electrons. The predicted molar refractivity (Wildman–Crippen MR) is 80.7 cm³/mol. The lowest BCUT2D eigenvalue weighted by molar-refractivity contribution is -0.137. The van der Waals surface area contributed by atoms with Crippen LogP contribution in [-0.2, 0) is 19.3 Å². The van der Waals surface area contributed by atoms with Crippen molar-refractivity contribution in [2.75, 3.05) is 0 Å². The van der Waals surface area contributed by atoms with Gasteiger partial charge in [-0.2, -0.15) is 13.2 Å². The minimum absolute atomic E-state index is 0.161. The Morgan fingerprint density at radius 2 is 1.56 bits per heavy atom. The van der Waals surface area contributed by atoms with Gasteiger partial charge in [-0.05, 0) is 47.5 Å². The first kappa shape index (κ1) is 17.0. The van der Waals surface area contributed by atoms with Crippen molar-refractivity contribution in [1.82, 2.24) is 10.4 Å². The van der Waals surface area contributed by atoms with Crippen molar-refractivity contribution in [2.24, 2.45) is 0 Å². The summed E-state index contributed by atoms with van der Waals surface area (Å²) >= 11 is 0. The van der Waals surface area contributed by atoms with Gasteiger partial charge in [0.2, 0.25) is 0 Å². The van der Waals surface area contributed by atoms with Crippen LogP contribution in [0.15, 0.2) is 42.5 Å². The molecule has 3 rings (SSSR count). The second-order valence-corrected chi connectivity index (χ2v) is 5.66. The van der Waals surface area contributed by atoms with Crippen LogP contribution in [-0.4, -0.2) is 21.9 Å². The molecule has 1 aliphatic rings. The largest absolute Gasteiger partial charge is 0.416 e. The summed E-state index contributed by atoms with van der Waals surface area (Å²) in [5.41, 5.74) is 2.74. The lowest BCUT2D eigenvalue weighted by Gasteiger charge is -2.16. The van der Waals surface area contributed by atoms with Crippen LogP contribution in [0.2, 0.25) is 0 Å². The van der Waals surface area contributed by atoms with Crippen molar-refractivity contribution < 1.29 is 28.0 Å². The highest BCUT2D eigenvalue weighted by Crippen LogP contribution is 2.30. The smallest absolute Gasteiger partial charge is 0.330 e. The molecule has 130 valence electrons. The highest BCUT2D eigenvalue weighted by Gasteiger charge is 2.31. The second-order valence-electron chi connectivity index (χ2n) is 5.66. The first-order valence-electron chi connectivity index (χ1n) is 7.32. The Morgan fingerprint density at radius 1 is 0.960 bits per heavy atom. The third-order valence-corrected chi connectivity index (χ3v) is 4.04. The van der Waals surface area contributed by atoms with E-state index in [1.807, 2.05) is 0 Å². The number of benzene rings is 2. The number of fused-ring (bicyclic) bond motifs is 1. The number of nitrogens with zero attached hydrogens (tertiary/aromatic N) is 1. The van der Waals surface area contributed by atoms with E-state index < -0.39 is 23.6 Å². The summed E-state index contributed by atoms with van der Waals surface area (Å²) in [6, 6.07) is 8.83. The van der Waals surface area contributed by atoms with Gasteiger partial charge in [0.05, 0.1) is 5.56 Å². The number of hydrogen-bond donors (Lipinski definition) is 2. The van der Waals surface area contributed by atoms with E-state index in [2.05, 4.69) is 0 Å². The molecular formula is C17H13F3N2O3. The van der Waals surface area contributed by atoms with Gasteiger partial charge in [0.1, 0.15) is 0 Å². The summed E-state index contributed by atoms with van der Waals surface area (Å²) in [6.07, 6.45) is -4.45. The summed E-state index contributed by atoms with van der Waals surface area (Å²) in [6.45, 7) is 0.540. The molecule has 0 atom stereocenters. The summed E-state index contributed by atoms with van der Waals surface area (Å²) in [4.78, 5) is 25.4. The van der Waals surface area contributed by atoms with Crippen LogP contribution in [0.5, 0.6) is 0 Å². The number of amides is 2. The van der Waals surface area contributed by atoms with Gasteiger partial charge in [-0.25, -0.2) is 5.48 Å². The first-order chi connectivity index (χ1) is 11.8. The molecule has 2 amide bonds. The average Bonchev–Trinajstić information content (AvgIpc) is 3.02. The molecule has 25 heavy (non-hydrogen) atoms. The van der Waals surface area contributed by atoms with E-state index in [1.165, 1.54) is 16.4 Å². The maximum atomic E-state index is 12.6. The second kappa shape index (κ2) is 6.21. The normalized spacial score (nSPS) is 13.5. The van der Waals surface area contributed by atoms with Gasteiger partial charge >= 0.3 is 6.18 Å². The molecule has 0 bridgehead atoms. The summed E-state index contributed by atoms with van der Waals surface area (Å²) in [5, 5.41) is 8.66. The number of halogens is 3. The fourth-order valence-corrected chi connectivity index (χ4v) is 2.73. The van der Waals surface area contributed by atoms with E-state index in [4.69, 9.17) is 5.21 Å². The molecule has 2 aromatic carbocycles. The Bertz CT molecular complexity index is 832. The van der Waals surface area contributed by atoms with Crippen LogP contribution in [0, 0.1) is 0 Å². The molecule has 2 N–H and O–H groups in total. The molecule has 0 unspecified atom stereocenters. The van der Waals surface area contributed by atoms with E-state index in [1.54, 1.807) is 12.1 Å². The number of hydroxylamine groups is 1. The molecule has 2 aromatic rings. The van der Waals surface area contributed by atoms with Crippen LogP contribution in [0.3, 0.4) is 0 Å². The SMILES string of the molecule is O=C(NO)c1ccc2c(c1)CN(C(=O)c1ccc(C(F)(F)F)cc1)C2. The van der Waals surface area contributed by atoms with E-state index in [0.29, 0.717) is 6.54 Å². The minimum Gasteiger partial charge on any atom is -0.330 e. The number of rotatable bonds is 2. The Labute approximate surface area is 140 Å². The van der Waals surface area contributed by atoms with E-state index in [-0.39, 0.29) is 17.7 Å². The minimum atomic E-state index is -4.45. The van der Waals surface area contributed by atoms with Crippen LogP contribution in [0.1, 0.15) is 37.4 Å². The standard InChI is InChI=1S/C17H13F3N2O3/c18-17(19,20)14-5-3-10(4-6-14)16(24)22-8-12-2-1-11(15(23)21-25)7-13(12)9-22/h1-7,25H,8-9H2,(H,21,23). The van der Waals surface area contributed by atoms with Gasteiger partial charge < -0.3 is 4.90 Å². The quantitative estimate of drug-likeness (QED) is 0.646. The maximum Gasteiger partial charge on any atom is 0.416 e. The number of carbonyl (C=O) groups is 2. The molecule has 0 saturated heterocycles. The molecule has 0 aromatic heterocycles. The Balaban J connectivity index is 1.77. The number of hydrogen-bond acceptors (Lipinski definition) is 3. The molecular weight excluding hydrogens is 337 g/mol. The maximum absolute atomic E-state index is 12.6. The van der Waals surface area contributed by atoms with Gasteiger partial charge in [0, 0.05) is 24.2 Å². The highest BCUT2D eigenvalue weighted by atomic mass is 19.4. The van der Waals surface area contributed by atoms with Crippen molar-refractivity contribution in [3.63, 3.8) is 0 Å². The van der Waals surface area contributed by atoms with Crippen molar-refractivity contribution in [3.8, 4) is 0 Å². The van der Waals surface area contributed by atoms with E-state index in [0.717, 1.165) is 35.4 Å². The zero-order chi connectivity index (χ0) is 18.2. The van der Waals surface area contributed by atoms with Crippen molar-refractivity contribution in [1.29, 1.82) is 0 Å². The van der Waals surface area contributed by atoms with Crippen molar-refractivity contribution >= 4 is 11.8 Å². The fraction of sp³-hybridized carbons (Fsp3) is 0.176. The molecule has 8 heteroatoms. The Morgan fingerprint density at radius 3 is 2.16 bits per heavy atom. The molecule has 0 fully saturated rings. The fourth-order valence-electron chi connectivity index (χ4n) is 2.73. The lowest BCUT2D eigenvalue weighted by Crippen LogP contribution is -2.25. The van der Waals surface area contributed by atoms with Crippen LogP contribution in [0.25, 0.3) is 0 Å². The van der Waals surface area contributed by atoms with Gasteiger partial charge in [-0.1, -0.05) is 6.07 Å². The number of alkyl halides is 3. The third-order valence-electron chi connectivity index (χ3n) is 4.04. The zero-order valence-corrected chi connectivity index (χ0v) is 12.8. The molecule has 0 saturated carbocycles. The van der Waals surface area contributed by atoms with Crippen LogP contribution in [0.4, 0.5) is 13.2 Å².